The fourth-order valence-corrected chi connectivity index (χ4v) is 1.35. The zero-order chi connectivity index (χ0) is 9.14. The van der Waals surface area contributed by atoms with E-state index in [0.717, 1.165) is 0 Å². The molecule has 1 aromatic rings. The average molecular weight is 186 g/mol. The molecule has 12 heavy (non-hydrogen) atoms. The molecule has 0 aliphatic rings. The molecule has 0 saturated carbocycles. The topological polar surface area (TPSA) is 44.1 Å². The SMILES string of the molecule is COc1cnc(SC)n(C)c1=O. The van der Waals surface area contributed by atoms with Gasteiger partial charge in [0.25, 0.3) is 5.56 Å². The van der Waals surface area contributed by atoms with E-state index in [1.807, 2.05) is 6.26 Å². The van der Waals surface area contributed by atoms with Crippen molar-refractivity contribution in [3.8, 4) is 5.75 Å². The lowest BCUT2D eigenvalue weighted by atomic mass is 10.6. The van der Waals surface area contributed by atoms with Crippen molar-refractivity contribution in [3.05, 3.63) is 16.6 Å². The fourth-order valence-electron chi connectivity index (χ4n) is 0.837. The molecule has 0 radical (unpaired) electrons. The molecule has 0 unspecified atom stereocenters. The summed E-state index contributed by atoms with van der Waals surface area (Å²) in [6, 6.07) is 0. The van der Waals surface area contributed by atoms with Gasteiger partial charge in [0.05, 0.1) is 13.3 Å². The third kappa shape index (κ3) is 1.45. The smallest absolute Gasteiger partial charge is 0.296 e. The minimum absolute atomic E-state index is 0.156. The van der Waals surface area contributed by atoms with Gasteiger partial charge in [0.2, 0.25) is 5.75 Å². The summed E-state index contributed by atoms with van der Waals surface area (Å²) >= 11 is 1.43. The van der Waals surface area contributed by atoms with Gasteiger partial charge in [-0.1, -0.05) is 11.8 Å². The van der Waals surface area contributed by atoms with Crippen LogP contribution in [0.2, 0.25) is 0 Å². The van der Waals surface area contributed by atoms with Crippen LogP contribution in [0.25, 0.3) is 0 Å². The summed E-state index contributed by atoms with van der Waals surface area (Å²) in [5, 5.41) is 0.681. The standard InChI is InChI=1S/C7H10N2O2S/c1-9-6(10)5(11-2)4-8-7(9)12-3/h4H,1-3H3. The van der Waals surface area contributed by atoms with Crippen molar-refractivity contribution in [2.45, 2.75) is 5.16 Å². The van der Waals surface area contributed by atoms with Crippen LogP contribution in [0.3, 0.4) is 0 Å². The molecular weight excluding hydrogens is 176 g/mol. The monoisotopic (exact) mass is 186 g/mol. The Morgan fingerprint density at radius 2 is 2.33 bits per heavy atom. The Balaban J connectivity index is 3.30. The van der Waals surface area contributed by atoms with Crippen molar-refractivity contribution < 1.29 is 4.74 Å². The summed E-state index contributed by atoms with van der Waals surface area (Å²) in [7, 11) is 3.13. The van der Waals surface area contributed by atoms with Crippen LogP contribution in [-0.4, -0.2) is 22.9 Å². The van der Waals surface area contributed by atoms with Gasteiger partial charge in [-0.15, -0.1) is 0 Å². The third-order valence-corrected chi connectivity index (χ3v) is 2.24. The second-order valence-electron chi connectivity index (χ2n) is 2.18. The van der Waals surface area contributed by atoms with Crippen molar-refractivity contribution in [2.24, 2.45) is 7.05 Å². The molecule has 0 N–H and O–H groups in total. The number of nitrogens with zero attached hydrogens (tertiary/aromatic N) is 2. The van der Waals surface area contributed by atoms with Gasteiger partial charge in [-0.25, -0.2) is 4.98 Å². The number of ether oxygens (including phenoxy) is 1. The van der Waals surface area contributed by atoms with Crippen LogP contribution in [0, 0.1) is 0 Å². The molecule has 0 aromatic carbocycles. The predicted octanol–water partition coefficient (Wildman–Crippen LogP) is 0.511. The van der Waals surface area contributed by atoms with Crippen molar-refractivity contribution in [1.82, 2.24) is 9.55 Å². The molecule has 1 heterocycles. The van der Waals surface area contributed by atoms with Crippen molar-refractivity contribution >= 4 is 11.8 Å². The highest BCUT2D eigenvalue weighted by molar-refractivity contribution is 7.98. The van der Waals surface area contributed by atoms with E-state index >= 15 is 0 Å². The minimum Gasteiger partial charge on any atom is -0.490 e. The highest BCUT2D eigenvalue weighted by Gasteiger charge is 2.05. The summed E-state index contributed by atoms with van der Waals surface area (Å²) in [6.07, 6.45) is 3.31. The highest BCUT2D eigenvalue weighted by atomic mass is 32.2. The summed E-state index contributed by atoms with van der Waals surface area (Å²) < 4.78 is 6.28. The van der Waals surface area contributed by atoms with Crippen molar-refractivity contribution in [2.75, 3.05) is 13.4 Å². The average Bonchev–Trinajstić information content (AvgIpc) is 2.10. The molecule has 0 aliphatic heterocycles. The molecular formula is C7H10N2O2S. The van der Waals surface area contributed by atoms with Crippen LogP contribution in [0.4, 0.5) is 0 Å². The van der Waals surface area contributed by atoms with Crippen LogP contribution in [0.1, 0.15) is 0 Å². The molecule has 0 aliphatic carbocycles. The number of thioether (sulfide) groups is 1. The van der Waals surface area contributed by atoms with Gasteiger partial charge in [-0.05, 0) is 6.26 Å². The molecule has 0 fully saturated rings. The molecule has 0 amide bonds. The Labute approximate surface area is 74.6 Å². The Morgan fingerprint density at radius 3 is 2.83 bits per heavy atom. The first-order valence-corrected chi connectivity index (χ1v) is 4.57. The van der Waals surface area contributed by atoms with E-state index in [1.54, 1.807) is 7.05 Å². The lowest BCUT2D eigenvalue weighted by Crippen LogP contribution is -2.20. The van der Waals surface area contributed by atoms with E-state index < -0.39 is 0 Å². The van der Waals surface area contributed by atoms with Gasteiger partial charge < -0.3 is 4.74 Å². The normalized spacial score (nSPS) is 9.92. The molecule has 4 nitrogen and oxygen atoms in total. The van der Waals surface area contributed by atoms with Crippen LogP contribution in [0.5, 0.6) is 5.75 Å². The van der Waals surface area contributed by atoms with Gasteiger partial charge >= 0.3 is 0 Å². The molecule has 0 bridgehead atoms. The number of methoxy groups -OCH3 is 1. The van der Waals surface area contributed by atoms with Gasteiger partial charge in [-0.2, -0.15) is 0 Å². The first-order valence-electron chi connectivity index (χ1n) is 3.34. The molecule has 0 saturated heterocycles. The maximum absolute atomic E-state index is 11.4. The van der Waals surface area contributed by atoms with E-state index in [2.05, 4.69) is 4.98 Å². The molecule has 1 aromatic heterocycles. The minimum atomic E-state index is -0.156. The van der Waals surface area contributed by atoms with Crippen LogP contribution in [0.15, 0.2) is 16.1 Å². The number of rotatable bonds is 2. The first-order chi connectivity index (χ1) is 5.70. The van der Waals surface area contributed by atoms with Gasteiger partial charge in [0.1, 0.15) is 0 Å². The van der Waals surface area contributed by atoms with Gasteiger partial charge in [0.15, 0.2) is 5.16 Å². The van der Waals surface area contributed by atoms with Crippen LogP contribution >= 0.6 is 11.8 Å². The van der Waals surface area contributed by atoms with E-state index in [0.29, 0.717) is 5.16 Å². The van der Waals surface area contributed by atoms with E-state index in [1.165, 1.54) is 29.6 Å². The summed E-state index contributed by atoms with van der Waals surface area (Å²) in [5.74, 6) is 0.273. The fraction of sp³-hybridized carbons (Fsp3) is 0.429. The van der Waals surface area contributed by atoms with Gasteiger partial charge in [-0.3, -0.25) is 9.36 Å². The zero-order valence-electron chi connectivity index (χ0n) is 7.20. The van der Waals surface area contributed by atoms with Crippen molar-refractivity contribution in [3.63, 3.8) is 0 Å². The van der Waals surface area contributed by atoms with Crippen LogP contribution in [-0.2, 0) is 7.05 Å². The van der Waals surface area contributed by atoms with Crippen molar-refractivity contribution in [1.29, 1.82) is 0 Å². The van der Waals surface area contributed by atoms with E-state index in [4.69, 9.17) is 4.74 Å². The Bertz CT molecular complexity index is 335. The zero-order valence-corrected chi connectivity index (χ0v) is 8.01. The highest BCUT2D eigenvalue weighted by Crippen LogP contribution is 2.09. The number of aromatic nitrogens is 2. The Hall–Kier alpha value is -0.970. The molecule has 1 rings (SSSR count). The van der Waals surface area contributed by atoms with Crippen LogP contribution < -0.4 is 10.3 Å². The molecule has 5 heteroatoms. The maximum atomic E-state index is 11.4. The predicted molar refractivity (Wildman–Crippen MR) is 47.8 cm³/mol. The third-order valence-electron chi connectivity index (χ3n) is 1.50. The molecule has 66 valence electrons. The quantitative estimate of drug-likeness (QED) is 0.498. The largest absolute Gasteiger partial charge is 0.490 e. The number of hydrogen-bond acceptors (Lipinski definition) is 4. The summed E-state index contributed by atoms with van der Waals surface area (Å²) in [4.78, 5) is 15.4. The number of hydrogen-bond donors (Lipinski definition) is 0. The second-order valence-corrected chi connectivity index (χ2v) is 2.95. The first kappa shape index (κ1) is 9.12. The van der Waals surface area contributed by atoms with E-state index in [-0.39, 0.29) is 11.3 Å². The maximum Gasteiger partial charge on any atom is 0.296 e. The summed E-state index contributed by atoms with van der Waals surface area (Å²) in [5.41, 5.74) is -0.156. The summed E-state index contributed by atoms with van der Waals surface area (Å²) in [6.45, 7) is 0. The Morgan fingerprint density at radius 1 is 1.67 bits per heavy atom. The molecule has 0 atom stereocenters. The lowest BCUT2D eigenvalue weighted by Gasteiger charge is -2.05. The second kappa shape index (κ2) is 3.62. The lowest BCUT2D eigenvalue weighted by molar-refractivity contribution is 0.398. The van der Waals surface area contributed by atoms with Gasteiger partial charge in [0, 0.05) is 7.05 Å². The molecule has 0 spiro atoms. The van der Waals surface area contributed by atoms with E-state index in [9.17, 15) is 4.79 Å². The Kier molecular flexibility index (Phi) is 2.75.